The van der Waals surface area contributed by atoms with Crippen LogP contribution in [0.25, 0.3) is 0 Å². The molecule has 0 radical (unpaired) electrons. The van der Waals surface area contributed by atoms with Crippen LogP contribution in [0.5, 0.6) is 5.75 Å². The molecule has 0 atom stereocenters. The maximum absolute atomic E-state index is 11.8. The molecule has 2 aromatic rings. The molecule has 6 nitrogen and oxygen atoms in total. The van der Waals surface area contributed by atoms with E-state index in [2.05, 4.69) is 10.4 Å². The Labute approximate surface area is 143 Å². The summed E-state index contributed by atoms with van der Waals surface area (Å²) in [6, 6.07) is 7.57. The number of aromatic nitrogens is 2. The van der Waals surface area contributed by atoms with Gasteiger partial charge in [0.05, 0.1) is 18.3 Å². The van der Waals surface area contributed by atoms with Crippen molar-refractivity contribution in [3.05, 3.63) is 56.4 Å². The van der Waals surface area contributed by atoms with Gasteiger partial charge in [0.1, 0.15) is 17.3 Å². The van der Waals surface area contributed by atoms with Gasteiger partial charge in [0.15, 0.2) is 0 Å². The standard InChI is InChI=1S/C15H15Cl2N3O3/c1-23-11-4-2-10(3-5-11)6-7-18-13(21)9-20-15(22)14(17)12(16)8-19-20/h2-5,8H,6-7,9H2,1H3,(H,18,21). The predicted molar refractivity (Wildman–Crippen MR) is 88.2 cm³/mol. The largest absolute Gasteiger partial charge is 0.497 e. The van der Waals surface area contributed by atoms with E-state index < -0.39 is 5.56 Å². The van der Waals surface area contributed by atoms with Gasteiger partial charge >= 0.3 is 0 Å². The summed E-state index contributed by atoms with van der Waals surface area (Å²) in [5, 5.41) is 6.42. The lowest BCUT2D eigenvalue weighted by atomic mass is 10.1. The highest BCUT2D eigenvalue weighted by Gasteiger charge is 2.10. The van der Waals surface area contributed by atoms with Crippen LogP contribution < -0.4 is 15.6 Å². The molecule has 122 valence electrons. The van der Waals surface area contributed by atoms with Crippen LogP contribution >= 0.6 is 23.2 Å². The highest BCUT2D eigenvalue weighted by Crippen LogP contribution is 2.14. The Morgan fingerprint density at radius 1 is 1.30 bits per heavy atom. The molecule has 1 N–H and O–H groups in total. The second kappa shape index (κ2) is 7.99. The summed E-state index contributed by atoms with van der Waals surface area (Å²) in [7, 11) is 1.61. The number of hydrogen-bond donors (Lipinski definition) is 1. The van der Waals surface area contributed by atoms with Gasteiger partial charge in [0.25, 0.3) is 5.56 Å². The third kappa shape index (κ3) is 4.71. The Bertz CT molecular complexity index is 745. The topological polar surface area (TPSA) is 73.2 Å². The third-order valence-electron chi connectivity index (χ3n) is 3.13. The third-order valence-corrected chi connectivity index (χ3v) is 3.88. The Morgan fingerprint density at radius 3 is 2.65 bits per heavy atom. The molecule has 0 aliphatic rings. The van der Waals surface area contributed by atoms with E-state index in [4.69, 9.17) is 27.9 Å². The fourth-order valence-electron chi connectivity index (χ4n) is 1.89. The molecule has 2 rings (SSSR count). The first-order valence-corrected chi connectivity index (χ1v) is 7.57. The molecule has 1 heterocycles. The first kappa shape index (κ1) is 17.3. The normalized spacial score (nSPS) is 10.4. The van der Waals surface area contributed by atoms with E-state index in [0.717, 1.165) is 16.0 Å². The molecule has 0 aliphatic heterocycles. The van der Waals surface area contributed by atoms with E-state index in [1.807, 2.05) is 24.3 Å². The van der Waals surface area contributed by atoms with Crippen molar-refractivity contribution in [2.75, 3.05) is 13.7 Å². The zero-order valence-electron chi connectivity index (χ0n) is 12.4. The van der Waals surface area contributed by atoms with Crippen LogP contribution in [0.3, 0.4) is 0 Å². The number of nitrogens with zero attached hydrogens (tertiary/aromatic N) is 2. The van der Waals surface area contributed by atoms with Crippen LogP contribution in [0.15, 0.2) is 35.3 Å². The van der Waals surface area contributed by atoms with Crippen molar-refractivity contribution in [1.29, 1.82) is 0 Å². The van der Waals surface area contributed by atoms with Gasteiger partial charge in [0.2, 0.25) is 5.91 Å². The number of benzene rings is 1. The molecule has 0 aliphatic carbocycles. The molecule has 1 aromatic carbocycles. The number of carbonyl (C=O) groups is 1. The Morgan fingerprint density at radius 2 is 2.00 bits per heavy atom. The number of rotatable bonds is 6. The maximum atomic E-state index is 11.8. The highest BCUT2D eigenvalue weighted by atomic mass is 35.5. The summed E-state index contributed by atoms with van der Waals surface area (Å²) in [6.07, 6.45) is 1.90. The Hall–Kier alpha value is -2.05. The number of carbonyl (C=O) groups excluding carboxylic acids is 1. The lowest BCUT2D eigenvalue weighted by Crippen LogP contribution is -2.34. The van der Waals surface area contributed by atoms with Crippen molar-refractivity contribution in [3.63, 3.8) is 0 Å². The van der Waals surface area contributed by atoms with Crippen LogP contribution in [0.2, 0.25) is 10.0 Å². The van der Waals surface area contributed by atoms with Crippen LogP contribution in [-0.2, 0) is 17.8 Å². The zero-order chi connectivity index (χ0) is 16.8. The summed E-state index contributed by atoms with van der Waals surface area (Å²) < 4.78 is 6.05. The van der Waals surface area contributed by atoms with Gasteiger partial charge < -0.3 is 10.1 Å². The zero-order valence-corrected chi connectivity index (χ0v) is 13.9. The minimum absolute atomic E-state index is 0.0628. The van der Waals surface area contributed by atoms with Gasteiger partial charge in [-0.2, -0.15) is 5.10 Å². The summed E-state index contributed by atoms with van der Waals surface area (Å²) >= 11 is 11.4. The molecule has 0 saturated heterocycles. The van der Waals surface area contributed by atoms with E-state index in [1.54, 1.807) is 7.11 Å². The minimum atomic E-state index is -0.593. The van der Waals surface area contributed by atoms with E-state index >= 15 is 0 Å². The molecule has 0 saturated carbocycles. The maximum Gasteiger partial charge on any atom is 0.287 e. The average molecular weight is 356 g/mol. The van der Waals surface area contributed by atoms with Crippen LogP contribution in [0, 0.1) is 0 Å². The molecule has 8 heteroatoms. The van der Waals surface area contributed by atoms with Gasteiger partial charge in [-0.15, -0.1) is 0 Å². The van der Waals surface area contributed by atoms with E-state index in [1.165, 1.54) is 6.20 Å². The van der Waals surface area contributed by atoms with Crippen molar-refractivity contribution < 1.29 is 9.53 Å². The van der Waals surface area contributed by atoms with Crippen LogP contribution in [0.4, 0.5) is 0 Å². The molecular weight excluding hydrogens is 341 g/mol. The van der Waals surface area contributed by atoms with Crippen molar-refractivity contribution in [1.82, 2.24) is 15.1 Å². The number of halogens is 2. The van der Waals surface area contributed by atoms with E-state index in [9.17, 15) is 9.59 Å². The number of methoxy groups -OCH3 is 1. The lowest BCUT2D eigenvalue weighted by molar-refractivity contribution is -0.121. The molecule has 1 amide bonds. The molecular formula is C15H15Cl2N3O3. The fraction of sp³-hybridized carbons (Fsp3) is 0.267. The summed E-state index contributed by atoms with van der Waals surface area (Å²) in [6.45, 7) is 0.236. The molecule has 0 bridgehead atoms. The summed E-state index contributed by atoms with van der Waals surface area (Å²) in [5.41, 5.74) is 0.473. The minimum Gasteiger partial charge on any atom is -0.497 e. The van der Waals surface area contributed by atoms with Crippen molar-refractivity contribution in [3.8, 4) is 5.75 Å². The second-order valence-electron chi connectivity index (χ2n) is 4.72. The van der Waals surface area contributed by atoms with Crippen LogP contribution in [0.1, 0.15) is 5.56 Å². The number of amides is 1. The predicted octanol–water partition coefficient (Wildman–Crippen LogP) is 1.92. The number of ether oxygens (including phenoxy) is 1. The molecule has 0 spiro atoms. The van der Waals surface area contributed by atoms with Crippen molar-refractivity contribution in [2.24, 2.45) is 0 Å². The van der Waals surface area contributed by atoms with Gasteiger partial charge in [-0.05, 0) is 24.1 Å². The van der Waals surface area contributed by atoms with E-state index in [-0.39, 0.29) is 22.5 Å². The number of nitrogens with one attached hydrogen (secondary N) is 1. The van der Waals surface area contributed by atoms with Crippen molar-refractivity contribution in [2.45, 2.75) is 13.0 Å². The van der Waals surface area contributed by atoms with Crippen LogP contribution in [-0.4, -0.2) is 29.3 Å². The smallest absolute Gasteiger partial charge is 0.287 e. The monoisotopic (exact) mass is 355 g/mol. The molecule has 1 aromatic heterocycles. The summed E-state index contributed by atoms with van der Waals surface area (Å²) in [4.78, 5) is 23.6. The second-order valence-corrected chi connectivity index (χ2v) is 5.50. The molecule has 0 fully saturated rings. The fourth-order valence-corrected chi connectivity index (χ4v) is 2.16. The molecule has 0 unspecified atom stereocenters. The summed E-state index contributed by atoms with van der Waals surface area (Å²) in [5.74, 6) is 0.453. The van der Waals surface area contributed by atoms with Gasteiger partial charge in [-0.1, -0.05) is 35.3 Å². The van der Waals surface area contributed by atoms with Crippen molar-refractivity contribution >= 4 is 29.1 Å². The SMILES string of the molecule is COc1ccc(CCNC(=O)Cn2ncc(Cl)c(Cl)c2=O)cc1. The van der Waals surface area contributed by atoms with Gasteiger partial charge in [-0.3, -0.25) is 9.59 Å². The Balaban J connectivity index is 1.85. The quantitative estimate of drug-likeness (QED) is 0.858. The van der Waals surface area contributed by atoms with Gasteiger partial charge in [-0.25, -0.2) is 4.68 Å². The number of hydrogen-bond acceptors (Lipinski definition) is 4. The first-order valence-electron chi connectivity index (χ1n) is 6.82. The molecule has 23 heavy (non-hydrogen) atoms. The first-order chi connectivity index (χ1) is 11.0. The highest BCUT2D eigenvalue weighted by molar-refractivity contribution is 6.41. The lowest BCUT2D eigenvalue weighted by Gasteiger charge is -2.08. The van der Waals surface area contributed by atoms with E-state index in [0.29, 0.717) is 13.0 Å². The average Bonchev–Trinajstić information content (AvgIpc) is 2.56. The van der Waals surface area contributed by atoms with Gasteiger partial charge in [0, 0.05) is 6.54 Å². The Kier molecular flexibility index (Phi) is 6.01.